The summed E-state index contributed by atoms with van der Waals surface area (Å²) in [6, 6.07) is 0. The standard InChI is InChI=1S/C9H21N3O2/c1-10-8-9(13)11-4-6-14-7-5-12(2)3/h10H,4-8H2,1-3H3,(H,11,13). The summed E-state index contributed by atoms with van der Waals surface area (Å²) >= 11 is 0. The summed E-state index contributed by atoms with van der Waals surface area (Å²) in [5.41, 5.74) is 0. The maximum atomic E-state index is 10.9. The predicted molar refractivity (Wildman–Crippen MR) is 56.3 cm³/mol. The Bertz CT molecular complexity index is 151. The fourth-order valence-electron chi connectivity index (χ4n) is 0.835. The van der Waals surface area contributed by atoms with Crippen LogP contribution in [-0.4, -0.2) is 64.8 Å². The van der Waals surface area contributed by atoms with E-state index in [1.54, 1.807) is 7.05 Å². The number of ether oxygens (including phenoxy) is 1. The molecule has 5 heteroatoms. The van der Waals surface area contributed by atoms with Crippen molar-refractivity contribution in [2.45, 2.75) is 0 Å². The molecule has 0 unspecified atom stereocenters. The molecule has 0 saturated carbocycles. The van der Waals surface area contributed by atoms with Crippen molar-refractivity contribution in [3.05, 3.63) is 0 Å². The van der Waals surface area contributed by atoms with Gasteiger partial charge in [0.2, 0.25) is 5.91 Å². The third kappa shape index (κ3) is 9.44. The number of carbonyl (C=O) groups is 1. The number of hydrogen-bond acceptors (Lipinski definition) is 4. The molecule has 0 aromatic carbocycles. The van der Waals surface area contributed by atoms with E-state index in [2.05, 4.69) is 15.5 Å². The van der Waals surface area contributed by atoms with Crippen molar-refractivity contribution in [2.75, 3.05) is 54.0 Å². The summed E-state index contributed by atoms with van der Waals surface area (Å²) in [6.45, 7) is 3.12. The van der Waals surface area contributed by atoms with Gasteiger partial charge in [-0.05, 0) is 21.1 Å². The molecule has 84 valence electrons. The average Bonchev–Trinajstić information content (AvgIpc) is 2.11. The fourth-order valence-corrected chi connectivity index (χ4v) is 0.835. The Morgan fingerprint density at radius 2 is 2.07 bits per heavy atom. The zero-order chi connectivity index (χ0) is 10.8. The molecule has 0 aromatic heterocycles. The highest BCUT2D eigenvalue weighted by atomic mass is 16.5. The summed E-state index contributed by atoms with van der Waals surface area (Å²) in [7, 11) is 5.74. The first kappa shape index (κ1) is 13.4. The molecule has 14 heavy (non-hydrogen) atoms. The fraction of sp³-hybridized carbons (Fsp3) is 0.889. The minimum absolute atomic E-state index is 0.00343. The van der Waals surface area contributed by atoms with Crippen molar-refractivity contribution in [1.82, 2.24) is 15.5 Å². The van der Waals surface area contributed by atoms with Gasteiger partial charge < -0.3 is 20.3 Å². The van der Waals surface area contributed by atoms with Gasteiger partial charge in [-0.25, -0.2) is 0 Å². The van der Waals surface area contributed by atoms with Crippen molar-refractivity contribution in [2.24, 2.45) is 0 Å². The molecule has 0 aromatic rings. The van der Waals surface area contributed by atoms with E-state index >= 15 is 0 Å². The van der Waals surface area contributed by atoms with E-state index in [1.807, 2.05) is 14.1 Å². The predicted octanol–water partition coefficient (Wildman–Crippen LogP) is -1.10. The van der Waals surface area contributed by atoms with Crippen molar-refractivity contribution in [3.8, 4) is 0 Å². The van der Waals surface area contributed by atoms with E-state index in [1.165, 1.54) is 0 Å². The van der Waals surface area contributed by atoms with Gasteiger partial charge in [0.1, 0.15) is 0 Å². The third-order valence-corrected chi connectivity index (χ3v) is 1.59. The minimum Gasteiger partial charge on any atom is -0.378 e. The number of hydrogen-bond donors (Lipinski definition) is 2. The molecule has 0 aliphatic carbocycles. The van der Waals surface area contributed by atoms with Crippen LogP contribution in [0.2, 0.25) is 0 Å². The summed E-state index contributed by atoms with van der Waals surface area (Å²) in [5, 5.41) is 5.51. The average molecular weight is 203 g/mol. The smallest absolute Gasteiger partial charge is 0.234 e. The Balaban J connectivity index is 3.09. The molecule has 0 rings (SSSR count). The molecular formula is C9H21N3O2. The highest BCUT2D eigenvalue weighted by Crippen LogP contribution is 1.77. The number of likely N-dealkylation sites (N-methyl/N-ethyl adjacent to an activating group) is 2. The Kier molecular flexibility index (Phi) is 8.51. The Morgan fingerprint density at radius 3 is 2.64 bits per heavy atom. The van der Waals surface area contributed by atoms with Gasteiger partial charge in [0, 0.05) is 13.1 Å². The topological polar surface area (TPSA) is 53.6 Å². The monoisotopic (exact) mass is 203 g/mol. The number of carbonyl (C=O) groups excluding carboxylic acids is 1. The second-order valence-electron chi connectivity index (χ2n) is 3.30. The molecule has 0 fully saturated rings. The molecule has 0 radical (unpaired) electrons. The first-order valence-corrected chi connectivity index (χ1v) is 4.80. The Labute approximate surface area is 85.8 Å². The number of amides is 1. The van der Waals surface area contributed by atoms with Crippen LogP contribution in [0.1, 0.15) is 0 Å². The summed E-state index contributed by atoms with van der Waals surface area (Å²) in [5.74, 6) is 0.00343. The van der Waals surface area contributed by atoms with Gasteiger partial charge in [0.25, 0.3) is 0 Å². The quantitative estimate of drug-likeness (QED) is 0.492. The largest absolute Gasteiger partial charge is 0.378 e. The third-order valence-electron chi connectivity index (χ3n) is 1.59. The van der Waals surface area contributed by atoms with Gasteiger partial charge in [-0.15, -0.1) is 0 Å². The van der Waals surface area contributed by atoms with E-state index in [9.17, 15) is 4.79 Å². The SMILES string of the molecule is CNCC(=O)NCCOCCN(C)C. The number of rotatable bonds is 8. The molecule has 0 heterocycles. The van der Waals surface area contributed by atoms with Gasteiger partial charge in [0.15, 0.2) is 0 Å². The maximum Gasteiger partial charge on any atom is 0.234 e. The van der Waals surface area contributed by atoms with E-state index in [0.717, 1.165) is 6.54 Å². The molecule has 0 bridgehead atoms. The van der Waals surface area contributed by atoms with Crippen LogP contribution in [0.15, 0.2) is 0 Å². The molecule has 0 aliphatic rings. The number of nitrogens with one attached hydrogen (secondary N) is 2. The van der Waals surface area contributed by atoms with Gasteiger partial charge in [-0.1, -0.05) is 0 Å². The van der Waals surface area contributed by atoms with Crippen LogP contribution in [-0.2, 0) is 9.53 Å². The molecule has 0 saturated heterocycles. The second kappa shape index (κ2) is 8.93. The highest BCUT2D eigenvalue weighted by Gasteiger charge is 1.96. The van der Waals surface area contributed by atoms with Crippen LogP contribution in [0.4, 0.5) is 0 Å². The maximum absolute atomic E-state index is 10.9. The molecule has 0 spiro atoms. The van der Waals surface area contributed by atoms with Crippen molar-refractivity contribution in [1.29, 1.82) is 0 Å². The first-order chi connectivity index (χ1) is 6.66. The minimum atomic E-state index is 0.00343. The van der Waals surface area contributed by atoms with Crippen molar-refractivity contribution >= 4 is 5.91 Å². The van der Waals surface area contributed by atoms with Gasteiger partial charge in [-0.3, -0.25) is 4.79 Å². The van der Waals surface area contributed by atoms with Crippen molar-refractivity contribution in [3.63, 3.8) is 0 Å². The zero-order valence-corrected chi connectivity index (χ0v) is 9.30. The van der Waals surface area contributed by atoms with E-state index in [4.69, 9.17) is 4.74 Å². The van der Waals surface area contributed by atoms with Gasteiger partial charge >= 0.3 is 0 Å². The summed E-state index contributed by atoms with van der Waals surface area (Å²) < 4.78 is 5.30. The lowest BCUT2D eigenvalue weighted by Gasteiger charge is -2.10. The van der Waals surface area contributed by atoms with E-state index in [0.29, 0.717) is 26.3 Å². The summed E-state index contributed by atoms with van der Waals surface area (Å²) in [6.07, 6.45) is 0. The van der Waals surface area contributed by atoms with Crippen LogP contribution in [0.5, 0.6) is 0 Å². The van der Waals surface area contributed by atoms with Crippen LogP contribution in [0.25, 0.3) is 0 Å². The second-order valence-corrected chi connectivity index (χ2v) is 3.30. The van der Waals surface area contributed by atoms with Crippen molar-refractivity contribution < 1.29 is 9.53 Å². The number of nitrogens with zero attached hydrogens (tertiary/aromatic N) is 1. The Morgan fingerprint density at radius 1 is 1.36 bits per heavy atom. The van der Waals surface area contributed by atoms with Gasteiger partial charge in [-0.2, -0.15) is 0 Å². The van der Waals surface area contributed by atoms with Gasteiger partial charge in [0.05, 0.1) is 19.8 Å². The molecule has 1 amide bonds. The normalized spacial score (nSPS) is 10.6. The first-order valence-electron chi connectivity index (χ1n) is 4.80. The van der Waals surface area contributed by atoms with E-state index < -0.39 is 0 Å². The molecule has 2 N–H and O–H groups in total. The molecular weight excluding hydrogens is 182 g/mol. The lowest BCUT2D eigenvalue weighted by Crippen LogP contribution is -2.34. The lowest BCUT2D eigenvalue weighted by molar-refractivity contribution is -0.120. The zero-order valence-electron chi connectivity index (χ0n) is 9.30. The van der Waals surface area contributed by atoms with Crippen LogP contribution in [0, 0.1) is 0 Å². The molecule has 5 nitrogen and oxygen atoms in total. The Hall–Kier alpha value is -0.650. The highest BCUT2D eigenvalue weighted by molar-refractivity contribution is 5.77. The summed E-state index contributed by atoms with van der Waals surface area (Å²) in [4.78, 5) is 13.0. The van der Waals surface area contributed by atoms with E-state index in [-0.39, 0.29) is 5.91 Å². The van der Waals surface area contributed by atoms with Crippen LogP contribution < -0.4 is 10.6 Å². The molecule has 0 atom stereocenters. The van der Waals surface area contributed by atoms with Crippen LogP contribution >= 0.6 is 0 Å². The molecule has 0 aliphatic heterocycles. The lowest BCUT2D eigenvalue weighted by atomic mass is 10.5. The van der Waals surface area contributed by atoms with Crippen LogP contribution in [0.3, 0.4) is 0 Å².